The Labute approximate surface area is 120 Å². The average Bonchev–Trinajstić information content (AvgIpc) is 2.94. The van der Waals surface area contributed by atoms with E-state index in [1.54, 1.807) is 42.5 Å². The molecule has 0 aliphatic heterocycles. The maximum absolute atomic E-state index is 12.2. The van der Waals surface area contributed by atoms with Gasteiger partial charge in [-0.05, 0) is 37.3 Å². The van der Waals surface area contributed by atoms with Crippen LogP contribution < -0.4 is 5.32 Å². The topological polar surface area (TPSA) is 72.2 Å². The normalized spacial score (nSPS) is 10.5. The minimum atomic E-state index is -0.269. The zero-order valence-corrected chi connectivity index (χ0v) is 11.3. The van der Waals surface area contributed by atoms with Crippen molar-refractivity contribution < 1.29 is 14.0 Å². The van der Waals surface area contributed by atoms with Crippen LogP contribution in [0.1, 0.15) is 27.6 Å². The maximum Gasteiger partial charge on any atom is 0.255 e. The summed E-state index contributed by atoms with van der Waals surface area (Å²) in [5.74, 6) is -0.316. The third-order valence-corrected chi connectivity index (χ3v) is 3.12. The first-order valence-corrected chi connectivity index (χ1v) is 6.39. The highest BCUT2D eigenvalue weighted by molar-refractivity contribution is 6.06. The number of ketones is 1. The van der Waals surface area contributed by atoms with Crippen molar-refractivity contribution in [2.45, 2.75) is 6.92 Å². The van der Waals surface area contributed by atoms with Gasteiger partial charge < -0.3 is 9.73 Å². The molecule has 1 N–H and O–H groups in total. The summed E-state index contributed by atoms with van der Waals surface area (Å²) in [6.45, 7) is 1.48. The van der Waals surface area contributed by atoms with Gasteiger partial charge in [-0.1, -0.05) is 12.1 Å². The first-order valence-electron chi connectivity index (χ1n) is 6.39. The van der Waals surface area contributed by atoms with Crippen molar-refractivity contribution in [3.8, 4) is 0 Å². The molecule has 21 heavy (non-hydrogen) atoms. The van der Waals surface area contributed by atoms with Crippen LogP contribution in [0.25, 0.3) is 11.1 Å². The van der Waals surface area contributed by atoms with Crippen LogP contribution in [0.5, 0.6) is 0 Å². The van der Waals surface area contributed by atoms with Gasteiger partial charge in [-0.2, -0.15) is 0 Å². The van der Waals surface area contributed by atoms with Crippen LogP contribution in [0, 0.1) is 0 Å². The second-order valence-electron chi connectivity index (χ2n) is 4.63. The summed E-state index contributed by atoms with van der Waals surface area (Å²) in [6.07, 6.45) is 1.34. The average molecular weight is 280 g/mol. The maximum atomic E-state index is 12.2. The number of anilines is 1. The molecule has 0 spiro atoms. The molecule has 0 radical (unpaired) electrons. The lowest BCUT2D eigenvalue weighted by Crippen LogP contribution is -2.12. The number of benzene rings is 2. The van der Waals surface area contributed by atoms with Gasteiger partial charge in [0.15, 0.2) is 17.8 Å². The number of nitrogens with zero attached hydrogens (tertiary/aromatic N) is 1. The Hall–Kier alpha value is -2.95. The van der Waals surface area contributed by atoms with E-state index < -0.39 is 0 Å². The molecule has 2 aromatic carbocycles. The molecule has 1 amide bonds. The fraction of sp³-hybridized carbons (Fsp3) is 0.0625. The standard InChI is InChI=1S/C16H12N2O3/c1-10(19)11-3-2-4-13(7-11)18-16(20)12-5-6-14-15(8-12)21-9-17-14/h2-9H,1H3,(H,18,20). The van der Waals surface area contributed by atoms with Gasteiger partial charge in [0.2, 0.25) is 0 Å². The number of oxazole rings is 1. The van der Waals surface area contributed by atoms with Crippen molar-refractivity contribution in [3.63, 3.8) is 0 Å². The molecule has 3 rings (SSSR count). The quantitative estimate of drug-likeness (QED) is 0.747. The molecule has 0 saturated heterocycles. The molecule has 0 aliphatic rings. The Morgan fingerprint density at radius 3 is 2.76 bits per heavy atom. The fourth-order valence-corrected chi connectivity index (χ4v) is 2.02. The number of rotatable bonds is 3. The molecule has 104 valence electrons. The predicted molar refractivity (Wildman–Crippen MR) is 78.4 cm³/mol. The van der Waals surface area contributed by atoms with Crippen LogP contribution in [0.3, 0.4) is 0 Å². The molecule has 5 nitrogen and oxygen atoms in total. The zero-order valence-electron chi connectivity index (χ0n) is 11.3. The number of nitrogens with one attached hydrogen (secondary N) is 1. The van der Waals surface area contributed by atoms with Crippen molar-refractivity contribution in [2.24, 2.45) is 0 Å². The van der Waals surface area contributed by atoms with Gasteiger partial charge in [-0.15, -0.1) is 0 Å². The van der Waals surface area contributed by atoms with Crippen LogP contribution in [-0.2, 0) is 0 Å². The number of hydrogen-bond acceptors (Lipinski definition) is 4. The summed E-state index contributed by atoms with van der Waals surface area (Å²) in [5.41, 5.74) is 2.85. The second-order valence-corrected chi connectivity index (χ2v) is 4.63. The van der Waals surface area contributed by atoms with Crippen LogP contribution in [0.15, 0.2) is 53.3 Å². The second kappa shape index (κ2) is 5.20. The highest BCUT2D eigenvalue weighted by Crippen LogP contribution is 2.17. The lowest BCUT2D eigenvalue weighted by Gasteiger charge is -2.06. The number of carbonyl (C=O) groups excluding carboxylic acids is 2. The largest absolute Gasteiger partial charge is 0.443 e. The molecule has 1 heterocycles. The Bertz CT molecular complexity index is 836. The van der Waals surface area contributed by atoms with Gasteiger partial charge >= 0.3 is 0 Å². The number of hydrogen-bond donors (Lipinski definition) is 1. The van der Waals surface area contributed by atoms with Gasteiger partial charge in [0.1, 0.15) is 5.52 Å². The molecular weight excluding hydrogens is 268 g/mol. The number of fused-ring (bicyclic) bond motifs is 1. The lowest BCUT2D eigenvalue weighted by atomic mass is 10.1. The lowest BCUT2D eigenvalue weighted by molar-refractivity contribution is 0.101. The number of aromatic nitrogens is 1. The van der Waals surface area contributed by atoms with Crippen molar-refractivity contribution in [3.05, 3.63) is 60.0 Å². The van der Waals surface area contributed by atoms with E-state index in [4.69, 9.17) is 4.42 Å². The van der Waals surface area contributed by atoms with Crippen molar-refractivity contribution >= 4 is 28.5 Å². The number of amides is 1. The summed E-state index contributed by atoms with van der Waals surface area (Å²) in [7, 11) is 0. The Morgan fingerprint density at radius 2 is 1.95 bits per heavy atom. The minimum Gasteiger partial charge on any atom is -0.443 e. The van der Waals surface area contributed by atoms with Crippen molar-refractivity contribution in [1.29, 1.82) is 0 Å². The molecule has 0 aliphatic carbocycles. The van der Waals surface area contributed by atoms with E-state index >= 15 is 0 Å². The highest BCUT2D eigenvalue weighted by atomic mass is 16.3. The molecule has 0 saturated carbocycles. The zero-order chi connectivity index (χ0) is 14.8. The SMILES string of the molecule is CC(=O)c1cccc(NC(=O)c2ccc3ncoc3c2)c1. The summed E-state index contributed by atoms with van der Waals surface area (Å²) < 4.78 is 5.17. The first kappa shape index (κ1) is 13.1. The summed E-state index contributed by atoms with van der Waals surface area (Å²) in [5, 5.41) is 2.76. The Kier molecular flexibility index (Phi) is 3.23. The molecule has 0 fully saturated rings. The third-order valence-electron chi connectivity index (χ3n) is 3.12. The van der Waals surface area contributed by atoms with E-state index in [9.17, 15) is 9.59 Å². The van der Waals surface area contributed by atoms with Gasteiger partial charge in [0, 0.05) is 16.8 Å². The van der Waals surface area contributed by atoms with Crippen LogP contribution >= 0.6 is 0 Å². The first-order chi connectivity index (χ1) is 10.1. The summed E-state index contributed by atoms with van der Waals surface area (Å²) in [4.78, 5) is 27.5. The van der Waals surface area contributed by atoms with E-state index in [0.29, 0.717) is 27.9 Å². The molecular formula is C16H12N2O3. The fourth-order valence-electron chi connectivity index (χ4n) is 2.02. The minimum absolute atomic E-state index is 0.0471. The van der Waals surface area contributed by atoms with Gasteiger partial charge in [-0.25, -0.2) is 4.98 Å². The molecule has 0 bridgehead atoms. The molecule has 3 aromatic rings. The number of Topliss-reactive ketones (excluding diaryl/α,β-unsaturated/α-hetero) is 1. The monoisotopic (exact) mass is 280 g/mol. The van der Waals surface area contributed by atoms with E-state index in [2.05, 4.69) is 10.3 Å². The smallest absolute Gasteiger partial charge is 0.255 e. The summed E-state index contributed by atoms with van der Waals surface area (Å²) >= 11 is 0. The van der Waals surface area contributed by atoms with Crippen molar-refractivity contribution in [1.82, 2.24) is 4.98 Å². The van der Waals surface area contributed by atoms with E-state index in [1.807, 2.05) is 0 Å². The molecule has 5 heteroatoms. The predicted octanol–water partition coefficient (Wildman–Crippen LogP) is 3.28. The Morgan fingerprint density at radius 1 is 1.10 bits per heavy atom. The van der Waals surface area contributed by atoms with Gasteiger partial charge in [0.05, 0.1) is 0 Å². The number of carbonyl (C=O) groups is 2. The van der Waals surface area contributed by atoms with E-state index in [1.165, 1.54) is 13.3 Å². The van der Waals surface area contributed by atoms with Crippen molar-refractivity contribution in [2.75, 3.05) is 5.32 Å². The van der Waals surface area contributed by atoms with Gasteiger partial charge in [0.25, 0.3) is 5.91 Å². The van der Waals surface area contributed by atoms with Crippen LogP contribution in [0.2, 0.25) is 0 Å². The Balaban J connectivity index is 1.85. The highest BCUT2D eigenvalue weighted by Gasteiger charge is 2.09. The molecule has 0 atom stereocenters. The molecule has 0 unspecified atom stereocenters. The van der Waals surface area contributed by atoms with E-state index in [-0.39, 0.29) is 11.7 Å². The van der Waals surface area contributed by atoms with Crippen LogP contribution in [-0.4, -0.2) is 16.7 Å². The summed E-state index contributed by atoms with van der Waals surface area (Å²) in [6, 6.07) is 11.8. The third kappa shape index (κ3) is 2.67. The van der Waals surface area contributed by atoms with Crippen LogP contribution in [0.4, 0.5) is 5.69 Å². The van der Waals surface area contributed by atoms with Gasteiger partial charge in [-0.3, -0.25) is 9.59 Å². The molecule has 1 aromatic heterocycles. The van der Waals surface area contributed by atoms with E-state index in [0.717, 1.165) is 0 Å².